The molecule has 0 saturated heterocycles. The van der Waals surface area contributed by atoms with Crippen molar-refractivity contribution in [3.8, 4) is 22.4 Å². The number of halogens is 2. The van der Waals surface area contributed by atoms with Crippen LogP contribution in [-0.4, -0.2) is 14.8 Å². The second kappa shape index (κ2) is 10.6. The Balaban J connectivity index is 1.52. The molecule has 2 nitrogen and oxygen atoms in total. The Bertz CT molecular complexity index is 1260. The topological polar surface area (TPSA) is 17.8 Å². The summed E-state index contributed by atoms with van der Waals surface area (Å²) >= 11 is 14.3. The van der Waals surface area contributed by atoms with Crippen molar-refractivity contribution in [2.24, 2.45) is 0 Å². The molecule has 0 aliphatic rings. The van der Waals surface area contributed by atoms with Crippen LogP contribution in [0.1, 0.15) is 32.2 Å². The minimum atomic E-state index is 0.587. The third-order valence-electron chi connectivity index (χ3n) is 5.25. The van der Waals surface area contributed by atoms with Crippen LogP contribution in [-0.2, 0) is 6.54 Å². The van der Waals surface area contributed by atoms with Crippen molar-refractivity contribution >= 4 is 47.1 Å². The summed E-state index contributed by atoms with van der Waals surface area (Å²) < 4.78 is 2.11. The van der Waals surface area contributed by atoms with Crippen molar-refractivity contribution in [1.82, 2.24) is 9.55 Å². The second-order valence-electron chi connectivity index (χ2n) is 8.04. The second-order valence-corrected chi connectivity index (χ2v) is 10.5. The first-order chi connectivity index (χ1) is 15.9. The molecule has 3 aromatic carbocycles. The fraction of sp³-hybridized carbons (Fsp3) is 0.179. The molecular weight excluding hydrogens is 467 g/mol. The molecule has 0 saturated carbocycles. The van der Waals surface area contributed by atoms with E-state index in [1.807, 2.05) is 36.2 Å². The van der Waals surface area contributed by atoms with Crippen molar-refractivity contribution in [2.75, 3.05) is 0 Å². The van der Waals surface area contributed by atoms with Gasteiger partial charge in [0.25, 0.3) is 0 Å². The molecule has 1 heterocycles. The number of hydrogen-bond donors (Lipinski definition) is 0. The molecule has 0 aliphatic heterocycles. The van der Waals surface area contributed by atoms with Gasteiger partial charge in [0.1, 0.15) is 5.82 Å². The van der Waals surface area contributed by atoms with Crippen LogP contribution in [0.4, 0.5) is 0 Å². The number of hydrogen-bond acceptors (Lipinski definition) is 2. The van der Waals surface area contributed by atoms with E-state index in [9.17, 15) is 0 Å². The number of benzene rings is 3. The van der Waals surface area contributed by atoms with Gasteiger partial charge in [-0.05, 0) is 60.0 Å². The number of aromatic nitrogens is 2. The van der Waals surface area contributed by atoms with Gasteiger partial charge in [-0.15, -0.1) is 11.8 Å². The molecule has 0 spiro atoms. The Morgan fingerprint density at radius 2 is 1.58 bits per heavy atom. The molecule has 0 bridgehead atoms. The molecule has 5 heteroatoms. The smallest absolute Gasteiger partial charge is 0.133 e. The molecular formula is C28H26Cl2N2S. The molecule has 0 N–H and O–H groups in total. The molecule has 1 aromatic heterocycles. The highest BCUT2D eigenvalue weighted by molar-refractivity contribution is 7.99. The van der Waals surface area contributed by atoms with Crippen LogP contribution in [0, 0.1) is 0 Å². The minimum Gasteiger partial charge on any atom is -0.331 e. The lowest BCUT2D eigenvalue weighted by atomic mass is 10.0. The summed E-state index contributed by atoms with van der Waals surface area (Å²) in [5.41, 5.74) is 5.28. The third-order valence-corrected chi connectivity index (χ3v) is 6.81. The largest absolute Gasteiger partial charge is 0.331 e. The molecule has 0 atom stereocenters. The first-order valence-electron chi connectivity index (χ1n) is 11.0. The molecule has 4 aromatic rings. The van der Waals surface area contributed by atoms with E-state index in [2.05, 4.69) is 79.9 Å². The quantitative estimate of drug-likeness (QED) is 0.239. The predicted molar refractivity (Wildman–Crippen MR) is 145 cm³/mol. The van der Waals surface area contributed by atoms with E-state index < -0.39 is 0 Å². The van der Waals surface area contributed by atoms with Gasteiger partial charge in [-0.25, -0.2) is 4.98 Å². The van der Waals surface area contributed by atoms with E-state index in [1.165, 1.54) is 16.0 Å². The van der Waals surface area contributed by atoms with Gasteiger partial charge in [0.15, 0.2) is 0 Å². The first-order valence-corrected chi connectivity index (χ1v) is 12.6. The van der Waals surface area contributed by atoms with E-state index in [1.54, 1.807) is 6.07 Å². The SMILES string of the molecule is CCn1cc(-c2ccc(Cl)cc2Cl)nc1/C=C/c1ccc(-c2ccc(SC(C)C)cc2)cc1. The Morgan fingerprint density at radius 1 is 0.909 bits per heavy atom. The van der Waals surface area contributed by atoms with Crippen LogP contribution in [0.15, 0.2) is 77.8 Å². The standard InChI is InChI=1S/C28H26Cl2N2S/c1-4-32-18-27(25-15-12-23(29)17-26(25)30)31-28(32)16-7-20-5-8-21(9-6-20)22-10-13-24(14-11-22)33-19(2)3/h5-19H,4H2,1-3H3/b16-7+. The van der Waals surface area contributed by atoms with Crippen molar-refractivity contribution in [2.45, 2.75) is 37.5 Å². The minimum absolute atomic E-state index is 0.587. The summed E-state index contributed by atoms with van der Waals surface area (Å²) in [6, 6.07) is 22.9. The van der Waals surface area contributed by atoms with Crippen LogP contribution < -0.4 is 0 Å². The highest BCUT2D eigenvalue weighted by Crippen LogP contribution is 2.30. The summed E-state index contributed by atoms with van der Waals surface area (Å²) in [6.07, 6.45) is 6.16. The summed E-state index contributed by atoms with van der Waals surface area (Å²) in [6.45, 7) is 7.35. The molecule has 4 rings (SSSR count). The van der Waals surface area contributed by atoms with E-state index in [0.29, 0.717) is 15.3 Å². The van der Waals surface area contributed by atoms with Gasteiger partial charge in [0.05, 0.1) is 10.7 Å². The maximum Gasteiger partial charge on any atom is 0.133 e. The highest BCUT2D eigenvalue weighted by Gasteiger charge is 2.10. The van der Waals surface area contributed by atoms with Gasteiger partial charge in [0, 0.05) is 33.5 Å². The van der Waals surface area contributed by atoms with Crippen LogP contribution in [0.5, 0.6) is 0 Å². The van der Waals surface area contributed by atoms with Crippen LogP contribution in [0.3, 0.4) is 0 Å². The number of thioether (sulfide) groups is 1. The molecule has 0 radical (unpaired) electrons. The predicted octanol–water partition coefficient (Wildman–Crippen LogP) is 9.21. The maximum atomic E-state index is 6.38. The third kappa shape index (κ3) is 5.92. The van der Waals surface area contributed by atoms with Gasteiger partial charge in [0.2, 0.25) is 0 Å². The zero-order chi connectivity index (χ0) is 23.4. The normalized spacial score (nSPS) is 11.6. The van der Waals surface area contributed by atoms with Gasteiger partial charge in [-0.3, -0.25) is 0 Å². The fourth-order valence-corrected chi connectivity index (χ4v) is 4.94. The van der Waals surface area contributed by atoms with E-state index >= 15 is 0 Å². The average Bonchev–Trinajstić information content (AvgIpc) is 3.21. The van der Waals surface area contributed by atoms with Crippen molar-refractivity contribution in [3.63, 3.8) is 0 Å². The molecule has 0 fully saturated rings. The molecule has 168 valence electrons. The molecule has 0 unspecified atom stereocenters. The first kappa shape index (κ1) is 23.7. The summed E-state index contributed by atoms with van der Waals surface area (Å²) in [5.74, 6) is 0.890. The van der Waals surface area contributed by atoms with Gasteiger partial charge >= 0.3 is 0 Å². The summed E-state index contributed by atoms with van der Waals surface area (Å²) in [4.78, 5) is 6.10. The monoisotopic (exact) mass is 492 g/mol. The van der Waals surface area contributed by atoms with Crippen LogP contribution >= 0.6 is 35.0 Å². The lowest BCUT2D eigenvalue weighted by Gasteiger charge is -2.07. The van der Waals surface area contributed by atoms with Crippen LogP contribution in [0.2, 0.25) is 10.0 Å². The van der Waals surface area contributed by atoms with Crippen molar-refractivity contribution in [1.29, 1.82) is 0 Å². The number of imidazole rings is 1. The highest BCUT2D eigenvalue weighted by atomic mass is 35.5. The van der Waals surface area contributed by atoms with Crippen LogP contribution in [0.25, 0.3) is 34.5 Å². The van der Waals surface area contributed by atoms with E-state index in [-0.39, 0.29) is 0 Å². The lowest BCUT2D eigenvalue weighted by molar-refractivity contribution is 0.753. The fourth-order valence-electron chi connectivity index (χ4n) is 3.60. The lowest BCUT2D eigenvalue weighted by Crippen LogP contribution is -1.94. The Hall–Kier alpha value is -2.46. The van der Waals surface area contributed by atoms with Gasteiger partial charge < -0.3 is 4.57 Å². The Kier molecular flexibility index (Phi) is 7.64. The summed E-state index contributed by atoms with van der Waals surface area (Å²) in [5, 5.41) is 1.81. The maximum absolute atomic E-state index is 6.38. The van der Waals surface area contributed by atoms with Gasteiger partial charge in [-0.2, -0.15) is 0 Å². The van der Waals surface area contributed by atoms with E-state index in [0.717, 1.165) is 29.2 Å². The summed E-state index contributed by atoms with van der Waals surface area (Å²) in [7, 11) is 0. The zero-order valence-corrected chi connectivity index (χ0v) is 21.3. The molecule has 0 amide bonds. The van der Waals surface area contributed by atoms with Crippen molar-refractivity contribution in [3.05, 3.63) is 94.4 Å². The zero-order valence-electron chi connectivity index (χ0n) is 18.9. The Labute approximate surface area is 210 Å². The number of nitrogens with zero attached hydrogens (tertiary/aromatic N) is 2. The number of aryl methyl sites for hydroxylation is 1. The molecule has 0 aliphatic carbocycles. The van der Waals surface area contributed by atoms with E-state index in [4.69, 9.17) is 28.2 Å². The van der Waals surface area contributed by atoms with Gasteiger partial charge in [-0.1, -0.05) is 79.5 Å². The van der Waals surface area contributed by atoms with Crippen molar-refractivity contribution < 1.29 is 0 Å². The molecule has 33 heavy (non-hydrogen) atoms. The Morgan fingerprint density at radius 3 is 2.18 bits per heavy atom. The average molecular weight is 494 g/mol. The number of rotatable bonds is 7.